The minimum Gasteiger partial charge on any atom is -0.496 e. The van der Waals surface area contributed by atoms with Gasteiger partial charge in [0.25, 0.3) is 0 Å². The second-order valence-electron chi connectivity index (χ2n) is 6.33. The van der Waals surface area contributed by atoms with Crippen molar-refractivity contribution in [3.63, 3.8) is 0 Å². The lowest BCUT2D eigenvalue weighted by Gasteiger charge is -2.17. The maximum absolute atomic E-state index is 12.0. The summed E-state index contributed by atoms with van der Waals surface area (Å²) in [6, 6.07) is 15.0. The summed E-state index contributed by atoms with van der Waals surface area (Å²) in [5, 5.41) is 0. The maximum Gasteiger partial charge on any atom is 0.232 e. The van der Waals surface area contributed by atoms with Crippen LogP contribution < -0.4 is 9.04 Å². The van der Waals surface area contributed by atoms with Gasteiger partial charge in [-0.3, -0.25) is 4.31 Å². The number of methoxy groups -OCH3 is 1. The fourth-order valence-corrected chi connectivity index (χ4v) is 4.23. The third-order valence-corrected chi connectivity index (χ3v) is 5.76. The number of anilines is 1. The van der Waals surface area contributed by atoms with E-state index in [9.17, 15) is 8.42 Å². The van der Waals surface area contributed by atoms with Crippen LogP contribution in [-0.2, 0) is 16.4 Å². The predicted molar refractivity (Wildman–Crippen MR) is 104 cm³/mol. The van der Waals surface area contributed by atoms with Crippen molar-refractivity contribution in [2.24, 2.45) is 0 Å². The molecule has 2 heterocycles. The van der Waals surface area contributed by atoms with Crippen molar-refractivity contribution in [3.05, 3.63) is 60.3 Å². The van der Waals surface area contributed by atoms with Gasteiger partial charge < -0.3 is 4.74 Å². The summed E-state index contributed by atoms with van der Waals surface area (Å²) in [5.74, 6) is 1.20. The SMILES string of the molecule is COc1ccccc1-c1c[c]nc(-c2ccc3c(c2)N(S(C)(=O)=O)CC3)n1. The summed E-state index contributed by atoms with van der Waals surface area (Å²) >= 11 is 0. The number of fused-ring (bicyclic) bond motifs is 1. The molecular formula is C20H18N3O3S. The molecule has 0 atom stereocenters. The van der Waals surface area contributed by atoms with Crippen LogP contribution in [0, 0.1) is 6.20 Å². The summed E-state index contributed by atoms with van der Waals surface area (Å²) in [6.07, 6.45) is 4.82. The first-order chi connectivity index (χ1) is 13.0. The average molecular weight is 380 g/mol. The Morgan fingerprint density at radius 1 is 1.19 bits per heavy atom. The van der Waals surface area contributed by atoms with Gasteiger partial charge in [-0.1, -0.05) is 24.3 Å². The minimum atomic E-state index is -3.31. The molecule has 0 unspecified atom stereocenters. The van der Waals surface area contributed by atoms with Gasteiger partial charge in [0.2, 0.25) is 10.0 Å². The second-order valence-corrected chi connectivity index (χ2v) is 8.24. The molecule has 0 fully saturated rings. The number of hydrogen-bond acceptors (Lipinski definition) is 5. The normalized spacial score (nSPS) is 13.5. The molecule has 1 aliphatic rings. The van der Waals surface area contributed by atoms with Gasteiger partial charge >= 0.3 is 0 Å². The molecule has 7 heteroatoms. The Morgan fingerprint density at radius 3 is 2.78 bits per heavy atom. The van der Waals surface area contributed by atoms with Gasteiger partial charge in [0, 0.05) is 17.7 Å². The molecule has 0 saturated carbocycles. The van der Waals surface area contributed by atoms with Crippen molar-refractivity contribution < 1.29 is 13.2 Å². The number of hydrogen-bond donors (Lipinski definition) is 0. The number of sulfonamides is 1. The summed E-state index contributed by atoms with van der Waals surface area (Å²) in [6.45, 7) is 0.464. The highest BCUT2D eigenvalue weighted by Crippen LogP contribution is 2.34. The van der Waals surface area contributed by atoms with E-state index < -0.39 is 10.0 Å². The molecule has 2 aromatic carbocycles. The number of rotatable bonds is 4. The Morgan fingerprint density at radius 2 is 2.00 bits per heavy atom. The van der Waals surface area contributed by atoms with Crippen LogP contribution in [0.25, 0.3) is 22.6 Å². The van der Waals surface area contributed by atoms with E-state index in [0.717, 1.165) is 16.7 Å². The maximum atomic E-state index is 12.0. The number of ether oxygens (including phenoxy) is 1. The standard InChI is InChI=1S/C20H18N3O3S/c1-26-19-6-4-3-5-16(19)17-9-11-21-20(22-17)15-8-7-14-10-12-23(18(14)13-15)27(2,24)25/h3-9,13H,10,12H2,1-2H3. The molecular weight excluding hydrogens is 362 g/mol. The molecule has 0 N–H and O–H groups in total. The van der Waals surface area contributed by atoms with Crippen molar-refractivity contribution in [3.8, 4) is 28.4 Å². The molecule has 0 spiro atoms. The van der Waals surface area contributed by atoms with Crippen molar-refractivity contribution in [2.45, 2.75) is 6.42 Å². The predicted octanol–water partition coefficient (Wildman–Crippen LogP) is 2.94. The molecule has 0 aliphatic carbocycles. The molecule has 0 saturated heterocycles. The molecule has 0 bridgehead atoms. The van der Waals surface area contributed by atoms with Gasteiger partial charge in [0.15, 0.2) is 5.82 Å². The monoisotopic (exact) mass is 380 g/mol. The van der Waals surface area contributed by atoms with E-state index in [2.05, 4.69) is 16.2 Å². The van der Waals surface area contributed by atoms with Gasteiger partial charge in [0.1, 0.15) is 5.75 Å². The molecule has 3 aromatic rings. The Bertz CT molecular complexity index is 1110. The quantitative estimate of drug-likeness (QED) is 0.696. The highest BCUT2D eigenvalue weighted by Gasteiger charge is 2.26. The fraction of sp³-hybridized carbons (Fsp3) is 0.200. The van der Waals surface area contributed by atoms with E-state index in [0.29, 0.717) is 35.9 Å². The van der Waals surface area contributed by atoms with Crippen molar-refractivity contribution in [1.82, 2.24) is 9.97 Å². The van der Waals surface area contributed by atoms with E-state index in [-0.39, 0.29) is 0 Å². The largest absolute Gasteiger partial charge is 0.496 e. The fourth-order valence-electron chi connectivity index (χ4n) is 3.28. The molecule has 0 amide bonds. The molecule has 6 nitrogen and oxygen atoms in total. The van der Waals surface area contributed by atoms with Crippen LogP contribution in [0.2, 0.25) is 0 Å². The van der Waals surface area contributed by atoms with Gasteiger partial charge in [0.05, 0.1) is 30.9 Å². The molecule has 137 valence electrons. The summed E-state index contributed by atoms with van der Waals surface area (Å²) in [5.41, 5.74) is 3.99. The minimum absolute atomic E-state index is 0.464. The van der Waals surface area contributed by atoms with Gasteiger partial charge in [-0.25, -0.2) is 18.4 Å². The van der Waals surface area contributed by atoms with Crippen LogP contribution in [0.15, 0.2) is 48.5 Å². The van der Waals surface area contributed by atoms with Crippen LogP contribution in [0.1, 0.15) is 5.56 Å². The summed E-state index contributed by atoms with van der Waals surface area (Å²) in [4.78, 5) is 8.90. The van der Waals surface area contributed by atoms with Crippen LogP contribution in [0.4, 0.5) is 5.69 Å². The van der Waals surface area contributed by atoms with Crippen LogP contribution in [0.3, 0.4) is 0 Å². The van der Waals surface area contributed by atoms with E-state index in [1.165, 1.54) is 10.6 Å². The second kappa shape index (κ2) is 6.66. The highest BCUT2D eigenvalue weighted by atomic mass is 32.2. The van der Waals surface area contributed by atoms with Gasteiger partial charge in [-0.2, -0.15) is 0 Å². The van der Waals surface area contributed by atoms with Gasteiger partial charge in [-0.15, -0.1) is 0 Å². The van der Waals surface area contributed by atoms with Crippen LogP contribution in [0.5, 0.6) is 5.75 Å². The smallest absolute Gasteiger partial charge is 0.232 e. The van der Waals surface area contributed by atoms with E-state index in [1.807, 2.05) is 42.5 Å². The Labute approximate surface area is 158 Å². The third kappa shape index (κ3) is 3.26. The lowest BCUT2D eigenvalue weighted by Crippen LogP contribution is -2.27. The van der Waals surface area contributed by atoms with E-state index >= 15 is 0 Å². The van der Waals surface area contributed by atoms with Gasteiger partial charge in [-0.05, 0) is 36.2 Å². The summed E-state index contributed by atoms with van der Waals surface area (Å²) in [7, 11) is -1.69. The zero-order chi connectivity index (χ0) is 19.0. The molecule has 1 aliphatic heterocycles. The first-order valence-corrected chi connectivity index (χ1v) is 10.3. The van der Waals surface area contributed by atoms with Crippen LogP contribution in [-0.4, -0.2) is 38.3 Å². The Kier molecular flexibility index (Phi) is 4.31. The molecule has 1 radical (unpaired) electrons. The zero-order valence-electron chi connectivity index (χ0n) is 15.0. The lowest BCUT2D eigenvalue weighted by molar-refractivity contribution is 0.416. The lowest BCUT2D eigenvalue weighted by atomic mass is 10.1. The number of para-hydroxylation sites is 1. The number of benzene rings is 2. The Hall–Kier alpha value is -2.93. The topological polar surface area (TPSA) is 72.4 Å². The van der Waals surface area contributed by atoms with E-state index in [1.54, 1.807) is 13.2 Å². The third-order valence-electron chi connectivity index (χ3n) is 4.58. The first-order valence-electron chi connectivity index (χ1n) is 8.47. The van der Waals surface area contributed by atoms with Crippen LogP contribution >= 0.6 is 0 Å². The molecule has 4 rings (SSSR count). The van der Waals surface area contributed by atoms with Crippen molar-refractivity contribution in [2.75, 3.05) is 24.2 Å². The zero-order valence-corrected chi connectivity index (χ0v) is 15.8. The first kappa shape index (κ1) is 17.5. The highest BCUT2D eigenvalue weighted by molar-refractivity contribution is 7.92. The summed E-state index contributed by atoms with van der Waals surface area (Å²) < 4.78 is 30.9. The number of aromatic nitrogens is 2. The molecule has 1 aromatic heterocycles. The van der Waals surface area contributed by atoms with Crippen molar-refractivity contribution >= 4 is 15.7 Å². The number of nitrogens with zero attached hydrogens (tertiary/aromatic N) is 3. The Balaban J connectivity index is 1.78. The molecule has 27 heavy (non-hydrogen) atoms. The van der Waals surface area contributed by atoms with E-state index in [4.69, 9.17) is 4.74 Å². The average Bonchev–Trinajstić information content (AvgIpc) is 3.11. The van der Waals surface area contributed by atoms with Crippen molar-refractivity contribution in [1.29, 1.82) is 0 Å².